The van der Waals surface area contributed by atoms with Crippen LogP contribution in [0.25, 0.3) is 0 Å². The summed E-state index contributed by atoms with van der Waals surface area (Å²) in [5, 5.41) is 2.82. The van der Waals surface area contributed by atoms with E-state index in [-0.39, 0.29) is 24.3 Å². The van der Waals surface area contributed by atoms with Gasteiger partial charge in [-0.1, -0.05) is 25.0 Å². The number of hydrogen-bond donors (Lipinski definition) is 1. The zero-order chi connectivity index (χ0) is 17.6. The van der Waals surface area contributed by atoms with E-state index < -0.39 is 0 Å². The van der Waals surface area contributed by atoms with Crippen LogP contribution in [0.5, 0.6) is 0 Å². The Hall–Kier alpha value is -2.21. The van der Waals surface area contributed by atoms with E-state index in [0.29, 0.717) is 17.7 Å². The van der Waals surface area contributed by atoms with Crippen LogP contribution in [0, 0.1) is 0 Å². The predicted octanol–water partition coefficient (Wildman–Crippen LogP) is 1.66. The van der Waals surface area contributed by atoms with Gasteiger partial charge in [-0.05, 0) is 51.0 Å². The summed E-state index contributed by atoms with van der Waals surface area (Å²) >= 11 is 0. The van der Waals surface area contributed by atoms with Crippen LogP contribution in [-0.4, -0.2) is 60.2 Å². The Labute approximate surface area is 148 Å². The molecule has 3 rings (SSSR count). The highest BCUT2D eigenvalue weighted by Crippen LogP contribution is 2.21. The van der Waals surface area contributed by atoms with Crippen molar-refractivity contribution in [1.29, 1.82) is 0 Å². The van der Waals surface area contributed by atoms with Crippen molar-refractivity contribution in [2.75, 3.05) is 32.7 Å². The first-order valence-corrected chi connectivity index (χ1v) is 9.11. The molecule has 1 aromatic rings. The lowest BCUT2D eigenvalue weighted by Gasteiger charge is -2.19. The maximum absolute atomic E-state index is 12.2. The highest BCUT2D eigenvalue weighted by Gasteiger charge is 2.36. The van der Waals surface area contributed by atoms with E-state index in [1.165, 1.54) is 25.7 Å². The number of carbonyl (C=O) groups excluding carboxylic acids is 3. The fraction of sp³-hybridized carbons (Fsp3) is 0.526. The van der Waals surface area contributed by atoms with E-state index in [1.807, 2.05) is 0 Å². The standard InChI is InChI=1S/C19H25N3O3/c23-17(20-10-7-13-21-11-5-1-2-6-12-21)14-22-18(24)15-8-3-4-9-16(15)19(22)25/h3-4,8-9H,1-2,5-7,10-14H2,(H,20,23). The minimum absolute atomic E-state index is 0.212. The van der Waals surface area contributed by atoms with E-state index in [9.17, 15) is 14.4 Å². The molecule has 0 unspecified atom stereocenters. The Kier molecular flexibility index (Phi) is 5.81. The van der Waals surface area contributed by atoms with Gasteiger partial charge in [0.2, 0.25) is 5.91 Å². The first kappa shape index (κ1) is 17.6. The van der Waals surface area contributed by atoms with Crippen molar-refractivity contribution in [2.24, 2.45) is 0 Å². The number of rotatable bonds is 6. The molecule has 25 heavy (non-hydrogen) atoms. The van der Waals surface area contributed by atoms with Crippen LogP contribution < -0.4 is 5.32 Å². The summed E-state index contributed by atoms with van der Waals surface area (Å²) in [6.45, 7) is 3.62. The van der Waals surface area contributed by atoms with Crippen LogP contribution in [0.15, 0.2) is 24.3 Å². The molecular formula is C19H25N3O3. The molecule has 2 aliphatic rings. The molecule has 134 valence electrons. The summed E-state index contributed by atoms with van der Waals surface area (Å²) in [6.07, 6.45) is 6.02. The van der Waals surface area contributed by atoms with Crippen molar-refractivity contribution in [2.45, 2.75) is 32.1 Å². The van der Waals surface area contributed by atoms with Gasteiger partial charge < -0.3 is 10.2 Å². The Morgan fingerprint density at radius 2 is 1.56 bits per heavy atom. The molecule has 6 nitrogen and oxygen atoms in total. The molecule has 0 radical (unpaired) electrons. The van der Waals surface area contributed by atoms with E-state index in [0.717, 1.165) is 31.0 Å². The summed E-state index contributed by atoms with van der Waals surface area (Å²) in [7, 11) is 0. The van der Waals surface area contributed by atoms with Gasteiger partial charge in [-0.15, -0.1) is 0 Å². The number of amides is 3. The molecule has 1 aromatic carbocycles. The van der Waals surface area contributed by atoms with Crippen molar-refractivity contribution in [3.8, 4) is 0 Å². The van der Waals surface area contributed by atoms with Crippen LogP contribution in [0.2, 0.25) is 0 Å². The zero-order valence-corrected chi connectivity index (χ0v) is 14.5. The molecule has 3 amide bonds. The van der Waals surface area contributed by atoms with Crippen molar-refractivity contribution in [3.05, 3.63) is 35.4 Å². The van der Waals surface area contributed by atoms with Gasteiger partial charge in [0.25, 0.3) is 11.8 Å². The number of likely N-dealkylation sites (tertiary alicyclic amines) is 1. The largest absolute Gasteiger partial charge is 0.354 e. The average molecular weight is 343 g/mol. The Balaban J connectivity index is 1.41. The number of carbonyl (C=O) groups is 3. The molecule has 1 N–H and O–H groups in total. The molecule has 0 aliphatic carbocycles. The SMILES string of the molecule is O=C(CN1C(=O)c2ccccc2C1=O)NCCCN1CCCCCC1. The molecule has 0 saturated carbocycles. The monoisotopic (exact) mass is 343 g/mol. The average Bonchev–Trinajstić information content (AvgIpc) is 2.81. The number of hydrogen-bond acceptors (Lipinski definition) is 4. The van der Waals surface area contributed by atoms with Gasteiger partial charge >= 0.3 is 0 Å². The molecule has 0 atom stereocenters. The third-order valence-corrected chi connectivity index (χ3v) is 4.85. The zero-order valence-electron chi connectivity index (χ0n) is 14.5. The maximum Gasteiger partial charge on any atom is 0.262 e. The molecule has 1 fully saturated rings. The second-order valence-corrected chi connectivity index (χ2v) is 6.70. The first-order valence-electron chi connectivity index (χ1n) is 9.11. The van der Waals surface area contributed by atoms with Gasteiger partial charge in [0.15, 0.2) is 0 Å². The lowest BCUT2D eigenvalue weighted by atomic mass is 10.1. The Morgan fingerprint density at radius 3 is 2.16 bits per heavy atom. The molecule has 0 spiro atoms. The highest BCUT2D eigenvalue weighted by atomic mass is 16.2. The lowest BCUT2D eigenvalue weighted by molar-refractivity contribution is -0.121. The van der Waals surface area contributed by atoms with E-state index in [2.05, 4.69) is 10.2 Å². The van der Waals surface area contributed by atoms with E-state index in [4.69, 9.17) is 0 Å². The topological polar surface area (TPSA) is 69.7 Å². The fourth-order valence-corrected chi connectivity index (χ4v) is 3.47. The molecule has 0 bridgehead atoms. The van der Waals surface area contributed by atoms with E-state index in [1.54, 1.807) is 24.3 Å². The highest BCUT2D eigenvalue weighted by molar-refractivity contribution is 6.22. The van der Waals surface area contributed by atoms with Gasteiger partial charge in [0.05, 0.1) is 11.1 Å². The summed E-state index contributed by atoms with van der Waals surface area (Å²) < 4.78 is 0. The third-order valence-electron chi connectivity index (χ3n) is 4.85. The lowest BCUT2D eigenvalue weighted by Crippen LogP contribution is -2.41. The number of fused-ring (bicyclic) bond motifs is 1. The summed E-state index contributed by atoms with van der Waals surface area (Å²) in [6, 6.07) is 6.68. The molecule has 1 saturated heterocycles. The second kappa shape index (κ2) is 8.25. The quantitative estimate of drug-likeness (QED) is 0.630. The molecule has 2 aliphatic heterocycles. The molecular weight excluding hydrogens is 318 g/mol. The van der Waals surface area contributed by atoms with Gasteiger partial charge in [-0.25, -0.2) is 0 Å². The van der Waals surface area contributed by atoms with Gasteiger partial charge in [-0.2, -0.15) is 0 Å². The minimum Gasteiger partial charge on any atom is -0.354 e. The van der Waals surface area contributed by atoms with Crippen molar-refractivity contribution in [1.82, 2.24) is 15.1 Å². The van der Waals surface area contributed by atoms with Crippen LogP contribution in [0.1, 0.15) is 52.8 Å². The number of imide groups is 1. The van der Waals surface area contributed by atoms with Crippen molar-refractivity contribution >= 4 is 17.7 Å². The number of benzene rings is 1. The number of nitrogens with one attached hydrogen (secondary N) is 1. The van der Waals surface area contributed by atoms with Gasteiger partial charge in [0, 0.05) is 6.54 Å². The first-order chi connectivity index (χ1) is 12.2. The van der Waals surface area contributed by atoms with Crippen molar-refractivity contribution < 1.29 is 14.4 Å². The third kappa shape index (κ3) is 4.25. The van der Waals surface area contributed by atoms with Crippen LogP contribution in [0.4, 0.5) is 0 Å². The van der Waals surface area contributed by atoms with Crippen LogP contribution in [-0.2, 0) is 4.79 Å². The van der Waals surface area contributed by atoms with Gasteiger partial charge in [0.1, 0.15) is 6.54 Å². The minimum atomic E-state index is -0.389. The maximum atomic E-state index is 12.2. The molecule has 6 heteroatoms. The number of nitrogens with zero attached hydrogens (tertiary/aromatic N) is 2. The molecule has 2 heterocycles. The fourth-order valence-electron chi connectivity index (χ4n) is 3.47. The smallest absolute Gasteiger partial charge is 0.262 e. The van der Waals surface area contributed by atoms with Gasteiger partial charge in [-0.3, -0.25) is 19.3 Å². The molecule has 0 aromatic heterocycles. The second-order valence-electron chi connectivity index (χ2n) is 6.70. The summed E-state index contributed by atoms with van der Waals surface area (Å²) in [5.74, 6) is -1.06. The summed E-state index contributed by atoms with van der Waals surface area (Å²) in [5.41, 5.74) is 0.753. The predicted molar refractivity (Wildman–Crippen MR) is 94.3 cm³/mol. The van der Waals surface area contributed by atoms with Crippen LogP contribution >= 0.6 is 0 Å². The Morgan fingerprint density at radius 1 is 0.960 bits per heavy atom. The van der Waals surface area contributed by atoms with Crippen LogP contribution in [0.3, 0.4) is 0 Å². The normalized spacial score (nSPS) is 18.2. The van der Waals surface area contributed by atoms with Crippen molar-refractivity contribution in [3.63, 3.8) is 0 Å². The Bertz CT molecular complexity index is 616. The summed E-state index contributed by atoms with van der Waals surface area (Å²) in [4.78, 5) is 40.0. The van der Waals surface area contributed by atoms with E-state index >= 15 is 0 Å².